The van der Waals surface area contributed by atoms with E-state index in [-0.39, 0.29) is 11.4 Å². The van der Waals surface area contributed by atoms with Crippen molar-refractivity contribution in [3.8, 4) is 11.4 Å². The fourth-order valence-electron chi connectivity index (χ4n) is 1.65. The molecule has 5 nitrogen and oxygen atoms in total. The molecule has 0 saturated heterocycles. The van der Waals surface area contributed by atoms with Gasteiger partial charge in [0, 0.05) is 18.2 Å². The Balaban J connectivity index is 2.20. The van der Waals surface area contributed by atoms with Gasteiger partial charge in [0.15, 0.2) is 0 Å². The van der Waals surface area contributed by atoms with Gasteiger partial charge in [-0.3, -0.25) is 0 Å². The molecule has 1 N–H and O–H groups in total. The minimum atomic E-state index is -0.369. The lowest BCUT2D eigenvalue weighted by Gasteiger charge is -2.19. The predicted molar refractivity (Wildman–Crippen MR) is 74.5 cm³/mol. The second kappa shape index (κ2) is 5.58. The first-order chi connectivity index (χ1) is 9.39. The summed E-state index contributed by atoms with van der Waals surface area (Å²) in [4.78, 5) is 0. The van der Waals surface area contributed by atoms with Crippen molar-refractivity contribution in [1.29, 1.82) is 0 Å². The molecule has 2 rings (SSSR count). The van der Waals surface area contributed by atoms with Crippen LogP contribution in [0.4, 0.5) is 4.39 Å². The summed E-state index contributed by atoms with van der Waals surface area (Å²) in [6, 6.07) is 4.51. The lowest BCUT2D eigenvalue weighted by atomic mass is 10.1. The van der Waals surface area contributed by atoms with Crippen LogP contribution in [0.25, 0.3) is 5.69 Å². The van der Waals surface area contributed by atoms with Gasteiger partial charge in [-0.05, 0) is 32.9 Å². The molecular weight excluding hydrogens is 259 g/mol. The Bertz CT molecular complexity index is 589. The van der Waals surface area contributed by atoms with Crippen molar-refractivity contribution in [2.75, 3.05) is 7.11 Å². The topological polar surface area (TPSA) is 52.0 Å². The van der Waals surface area contributed by atoms with E-state index in [1.54, 1.807) is 18.3 Å². The first kappa shape index (κ1) is 14.5. The average Bonchev–Trinajstić information content (AvgIpc) is 2.85. The molecule has 20 heavy (non-hydrogen) atoms. The number of nitrogens with zero attached hydrogens (tertiary/aromatic N) is 3. The van der Waals surface area contributed by atoms with E-state index in [1.165, 1.54) is 17.9 Å². The largest absolute Gasteiger partial charge is 0.497 e. The quantitative estimate of drug-likeness (QED) is 0.932. The Kier molecular flexibility index (Phi) is 4.04. The Morgan fingerprint density at radius 3 is 2.75 bits per heavy atom. The smallest absolute Gasteiger partial charge is 0.149 e. The SMILES string of the molecule is COc1ccc(F)c(-n2cc(CNC(C)(C)C)nn2)c1. The van der Waals surface area contributed by atoms with Crippen LogP contribution in [0.15, 0.2) is 24.4 Å². The minimum absolute atomic E-state index is 0.00893. The second-order valence-electron chi connectivity index (χ2n) is 5.58. The molecule has 2 aromatic rings. The van der Waals surface area contributed by atoms with Crippen LogP contribution in [0.2, 0.25) is 0 Å². The number of hydrogen-bond acceptors (Lipinski definition) is 4. The third-order valence-corrected chi connectivity index (χ3v) is 2.74. The van der Waals surface area contributed by atoms with Crippen LogP contribution in [0.3, 0.4) is 0 Å². The van der Waals surface area contributed by atoms with Crippen molar-refractivity contribution in [2.45, 2.75) is 32.9 Å². The molecular formula is C14H19FN4O. The number of rotatable bonds is 4. The van der Waals surface area contributed by atoms with E-state index in [1.807, 2.05) is 0 Å². The van der Waals surface area contributed by atoms with Crippen molar-refractivity contribution in [3.05, 3.63) is 35.9 Å². The molecule has 0 aliphatic rings. The number of hydrogen-bond donors (Lipinski definition) is 1. The molecule has 0 spiro atoms. The summed E-state index contributed by atoms with van der Waals surface area (Å²) in [7, 11) is 1.54. The number of nitrogens with one attached hydrogen (secondary N) is 1. The van der Waals surface area contributed by atoms with Crippen molar-refractivity contribution in [1.82, 2.24) is 20.3 Å². The summed E-state index contributed by atoms with van der Waals surface area (Å²) in [5, 5.41) is 11.3. The highest BCUT2D eigenvalue weighted by atomic mass is 19.1. The maximum Gasteiger partial charge on any atom is 0.149 e. The summed E-state index contributed by atoms with van der Waals surface area (Å²) in [5.41, 5.74) is 1.06. The van der Waals surface area contributed by atoms with Crippen LogP contribution in [0, 0.1) is 5.82 Å². The van der Waals surface area contributed by atoms with Gasteiger partial charge in [0.1, 0.15) is 17.3 Å². The summed E-state index contributed by atoms with van der Waals surface area (Å²) < 4.78 is 20.3. The van der Waals surface area contributed by atoms with E-state index in [9.17, 15) is 4.39 Å². The molecule has 0 aliphatic heterocycles. The first-order valence-electron chi connectivity index (χ1n) is 6.39. The van der Waals surface area contributed by atoms with Crippen LogP contribution in [0.1, 0.15) is 26.5 Å². The van der Waals surface area contributed by atoms with Gasteiger partial charge in [-0.25, -0.2) is 9.07 Å². The molecule has 0 fully saturated rings. The Hall–Kier alpha value is -1.95. The van der Waals surface area contributed by atoms with Gasteiger partial charge in [0.2, 0.25) is 0 Å². The number of halogens is 1. The summed E-state index contributed by atoms with van der Waals surface area (Å²) in [5.74, 6) is 0.206. The highest BCUT2D eigenvalue weighted by molar-refractivity contribution is 5.40. The zero-order valence-corrected chi connectivity index (χ0v) is 12.1. The molecule has 0 radical (unpaired) electrons. The molecule has 1 aromatic heterocycles. The molecule has 1 aromatic carbocycles. The van der Waals surface area contributed by atoms with Gasteiger partial charge in [-0.1, -0.05) is 5.21 Å². The van der Waals surface area contributed by atoms with Crippen LogP contribution < -0.4 is 10.1 Å². The van der Waals surface area contributed by atoms with Crippen molar-refractivity contribution in [2.24, 2.45) is 0 Å². The predicted octanol–water partition coefficient (Wildman–Crippen LogP) is 2.30. The van der Waals surface area contributed by atoms with Crippen LogP contribution in [-0.2, 0) is 6.54 Å². The van der Waals surface area contributed by atoms with E-state index in [4.69, 9.17) is 4.74 Å². The molecule has 0 unspecified atom stereocenters. The van der Waals surface area contributed by atoms with Gasteiger partial charge in [0.25, 0.3) is 0 Å². The highest BCUT2D eigenvalue weighted by Gasteiger charge is 2.12. The number of benzene rings is 1. The van der Waals surface area contributed by atoms with Gasteiger partial charge in [-0.15, -0.1) is 5.10 Å². The van der Waals surface area contributed by atoms with E-state index in [0.717, 1.165) is 5.69 Å². The third-order valence-electron chi connectivity index (χ3n) is 2.74. The molecule has 1 heterocycles. The number of ether oxygens (including phenoxy) is 1. The molecule has 108 valence electrons. The van der Waals surface area contributed by atoms with Gasteiger partial charge < -0.3 is 10.1 Å². The molecule has 0 aliphatic carbocycles. The molecule has 0 saturated carbocycles. The van der Waals surface area contributed by atoms with Crippen molar-refractivity contribution >= 4 is 0 Å². The molecule has 0 atom stereocenters. The minimum Gasteiger partial charge on any atom is -0.497 e. The number of aromatic nitrogens is 3. The highest BCUT2D eigenvalue weighted by Crippen LogP contribution is 2.19. The van der Waals surface area contributed by atoms with Crippen LogP contribution >= 0.6 is 0 Å². The van der Waals surface area contributed by atoms with Crippen molar-refractivity contribution < 1.29 is 9.13 Å². The first-order valence-corrected chi connectivity index (χ1v) is 6.39. The Morgan fingerprint density at radius 2 is 2.10 bits per heavy atom. The van der Waals surface area contributed by atoms with Gasteiger partial charge in [-0.2, -0.15) is 0 Å². The average molecular weight is 278 g/mol. The fraction of sp³-hybridized carbons (Fsp3) is 0.429. The van der Waals surface area contributed by atoms with E-state index in [0.29, 0.717) is 18.0 Å². The summed E-state index contributed by atoms with van der Waals surface area (Å²) in [6.45, 7) is 6.78. The van der Waals surface area contributed by atoms with E-state index < -0.39 is 0 Å². The maximum atomic E-state index is 13.8. The Morgan fingerprint density at radius 1 is 1.35 bits per heavy atom. The normalized spacial score (nSPS) is 11.7. The maximum absolute atomic E-state index is 13.8. The lowest BCUT2D eigenvalue weighted by Crippen LogP contribution is -2.35. The zero-order chi connectivity index (χ0) is 14.8. The monoisotopic (exact) mass is 278 g/mol. The fourth-order valence-corrected chi connectivity index (χ4v) is 1.65. The van der Waals surface area contributed by atoms with E-state index >= 15 is 0 Å². The van der Waals surface area contributed by atoms with Gasteiger partial charge in [0.05, 0.1) is 19.0 Å². The van der Waals surface area contributed by atoms with E-state index in [2.05, 4.69) is 36.4 Å². The molecule has 6 heteroatoms. The lowest BCUT2D eigenvalue weighted by molar-refractivity contribution is 0.413. The zero-order valence-electron chi connectivity index (χ0n) is 12.1. The molecule has 0 bridgehead atoms. The van der Waals surface area contributed by atoms with Gasteiger partial charge >= 0.3 is 0 Å². The van der Waals surface area contributed by atoms with Crippen LogP contribution in [0.5, 0.6) is 5.75 Å². The Labute approximate surface area is 117 Å². The standard InChI is InChI=1S/C14H19FN4O/c1-14(2,3)16-8-10-9-19(18-17-10)13-7-11(20-4)5-6-12(13)15/h5-7,9,16H,8H2,1-4H3. The summed E-state index contributed by atoms with van der Waals surface area (Å²) in [6.07, 6.45) is 1.70. The second-order valence-corrected chi connectivity index (χ2v) is 5.58. The third kappa shape index (κ3) is 3.54. The number of methoxy groups -OCH3 is 1. The summed E-state index contributed by atoms with van der Waals surface area (Å²) >= 11 is 0. The molecule has 0 amide bonds. The van der Waals surface area contributed by atoms with Crippen LogP contribution in [-0.4, -0.2) is 27.6 Å². The van der Waals surface area contributed by atoms with Crippen molar-refractivity contribution in [3.63, 3.8) is 0 Å².